The van der Waals surface area contributed by atoms with Crippen LogP contribution in [-0.2, 0) is 24.1 Å². The third-order valence-corrected chi connectivity index (χ3v) is 5.78. The number of aryl methyl sites for hydroxylation is 2. The molecule has 2 aromatic rings. The van der Waals surface area contributed by atoms with E-state index in [9.17, 15) is 4.79 Å². The third kappa shape index (κ3) is 4.54. The number of unbranched alkanes of at least 4 members (excludes halogenated alkanes) is 1. The number of hydrogen-bond donors (Lipinski definition) is 0. The number of aromatic nitrogens is 4. The fourth-order valence-corrected chi connectivity index (χ4v) is 4.23. The summed E-state index contributed by atoms with van der Waals surface area (Å²) >= 11 is 0. The minimum absolute atomic E-state index is 0.340. The summed E-state index contributed by atoms with van der Waals surface area (Å²) in [6.07, 6.45) is 11.3. The minimum atomic E-state index is 0.340. The van der Waals surface area contributed by atoms with Crippen molar-refractivity contribution in [2.45, 2.75) is 76.7 Å². The molecule has 1 aromatic carbocycles. The van der Waals surface area contributed by atoms with Crippen LogP contribution in [0, 0.1) is 0 Å². The van der Waals surface area contributed by atoms with Crippen LogP contribution in [0.2, 0.25) is 0 Å². The van der Waals surface area contributed by atoms with Gasteiger partial charge in [-0.3, -0.25) is 4.79 Å². The maximum atomic E-state index is 11.5. The highest BCUT2D eigenvalue weighted by Crippen LogP contribution is 2.28. The van der Waals surface area contributed by atoms with Crippen molar-refractivity contribution in [3.63, 3.8) is 0 Å². The molecule has 0 radical (unpaired) electrons. The highest BCUT2D eigenvalue weighted by atomic mass is 16.5. The first-order valence-electron chi connectivity index (χ1n) is 10.3. The summed E-state index contributed by atoms with van der Waals surface area (Å²) in [7, 11) is 0. The van der Waals surface area contributed by atoms with Crippen LogP contribution in [0.15, 0.2) is 18.2 Å². The van der Waals surface area contributed by atoms with E-state index in [1.807, 2.05) is 12.1 Å². The Morgan fingerprint density at radius 1 is 1.07 bits per heavy atom. The van der Waals surface area contributed by atoms with E-state index in [2.05, 4.69) is 26.3 Å². The van der Waals surface area contributed by atoms with Crippen molar-refractivity contribution in [1.82, 2.24) is 20.2 Å². The maximum Gasteiger partial charge on any atom is 0.151 e. The molecule has 0 saturated heterocycles. The zero-order valence-electron chi connectivity index (χ0n) is 15.9. The van der Waals surface area contributed by atoms with Crippen molar-refractivity contribution < 1.29 is 9.53 Å². The number of rotatable bonds is 7. The lowest BCUT2D eigenvalue weighted by molar-refractivity contribution is -0.118. The van der Waals surface area contributed by atoms with Crippen molar-refractivity contribution in [2.24, 2.45) is 0 Å². The van der Waals surface area contributed by atoms with Crippen molar-refractivity contribution in [1.29, 1.82) is 0 Å². The molecule has 0 aliphatic heterocycles. The molecule has 27 heavy (non-hydrogen) atoms. The van der Waals surface area contributed by atoms with E-state index in [-0.39, 0.29) is 0 Å². The van der Waals surface area contributed by atoms with E-state index >= 15 is 0 Å². The van der Waals surface area contributed by atoms with Gasteiger partial charge in [-0.05, 0) is 65.8 Å². The molecule has 2 aliphatic carbocycles. The minimum Gasteiger partial charge on any atom is -0.494 e. The molecule has 0 amide bonds. The third-order valence-electron chi connectivity index (χ3n) is 5.78. The van der Waals surface area contributed by atoms with Gasteiger partial charge in [-0.25, -0.2) is 4.68 Å². The fraction of sp³-hybridized carbons (Fsp3) is 0.619. The molecule has 0 atom stereocenters. The highest BCUT2D eigenvalue weighted by molar-refractivity contribution is 5.83. The van der Waals surface area contributed by atoms with E-state index in [0.717, 1.165) is 42.8 Å². The largest absolute Gasteiger partial charge is 0.494 e. The molecule has 6 heteroatoms. The Morgan fingerprint density at radius 3 is 2.85 bits per heavy atom. The van der Waals surface area contributed by atoms with Crippen LogP contribution in [0.25, 0.3) is 0 Å². The lowest BCUT2D eigenvalue weighted by Crippen LogP contribution is -2.17. The van der Waals surface area contributed by atoms with Gasteiger partial charge >= 0.3 is 0 Å². The zero-order valence-corrected chi connectivity index (χ0v) is 15.9. The van der Waals surface area contributed by atoms with Crippen molar-refractivity contribution >= 4 is 5.78 Å². The van der Waals surface area contributed by atoms with Gasteiger partial charge in [-0.2, -0.15) is 0 Å². The number of ketones is 1. The molecule has 1 aromatic heterocycles. The van der Waals surface area contributed by atoms with Gasteiger partial charge < -0.3 is 4.74 Å². The molecule has 0 N–H and O–H groups in total. The standard InChI is InChI=1S/C21H28N4O2/c26-19-11-9-17-15-20(12-10-16(17)14-19)27-13-5-4-8-21-22-23-24-25(21)18-6-2-1-3-7-18/h10,12,15,18H,1-9,11,13-14H2. The smallest absolute Gasteiger partial charge is 0.151 e. The molecule has 0 bridgehead atoms. The van der Waals surface area contributed by atoms with Gasteiger partial charge in [-0.15, -0.1) is 5.10 Å². The predicted octanol–water partition coefficient (Wildman–Crippen LogP) is 3.64. The number of fused-ring (bicyclic) bond motifs is 1. The number of nitrogens with zero attached hydrogens (tertiary/aromatic N) is 4. The second-order valence-corrected chi connectivity index (χ2v) is 7.78. The van der Waals surface area contributed by atoms with Crippen LogP contribution in [0.5, 0.6) is 5.75 Å². The van der Waals surface area contributed by atoms with Crippen molar-refractivity contribution in [3.8, 4) is 5.75 Å². The van der Waals surface area contributed by atoms with Gasteiger partial charge in [-0.1, -0.05) is 25.3 Å². The molecule has 0 spiro atoms. The summed E-state index contributed by atoms with van der Waals surface area (Å²) in [6.45, 7) is 0.697. The Bertz CT molecular complexity index is 780. The molecule has 1 saturated carbocycles. The maximum absolute atomic E-state index is 11.5. The first-order chi connectivity index (χ1) is 13.3. The molecule has 6 nitrogen and oxygen atoms in total. The Hall–Kier alpha value is -2.24. The quantitative estimate of drug-likeness (QED) is 0.698. The molecule has 0 unspecified atom stereocenters. The van der Waals surface area contributed by atoms with E-state index < -0.39 is 0 Å². The second-order valence-electron chi connectivity index (χ2n) is 7.78. The Balaban J connectivity index is 1.22. The fourth-order valence-electron chi connectivity index (χ4n) is 4.23. The number of hydrogen-bond acceptors (Lipinski definition) is 5. The lowest BCUT2D eigenvalue weighted by atomic mass is 9.91. The Morgan fingerprint density at radius 2 is 1.96 bits per heavy atom. The van der Waals surface area contributed by atoms with Gasteiger partial charge in [0.05, 0.1) is 12.6 Å². The SMILES string of the molecule is O=C1CCc2cc(OCCCCc3nnnn3C3CCCCC3)ccc2C1. The average Bonchev–Trinajstić information content (AvgIpc) is 3.17. The normalized spacial score (nSPS) is 17.7. The molecular formula is C21H28N4O2. The van der Waals surface area contributed by atoms with Crippen molar-refractivity contribution in [2.75, 3.05) is 6.61 Å². The second kappa shape index (κ2) is 8.63. The van der Waals surface area contributed by atoms with Gasteiger partial charge in [0, 0.05) is 19.3 Å². The first-order valence-corrected chi connectivity index (χ1v) is 10.3. The van der Waals surface area contributed by atoms with Crippen LogP contribution >= 0.6 is 0 Å². The zero-order chi connectivity index (χ0) is 18.5. The van der Waals surface area contributed by atoms with E-state index in [0.29, 0.717) is 31.3 Å². The van der Waals surface area contributed by atoms with E-state index in [1.54, 1.807) is 0 Å². The summed E-state index contributed by atoms with van der Waals surface area (Å²) in [4.78, 5) is 11.5. The first kappa shape index (κ1) is 18.1. The van der Waals surface area contributed by atoms with Gasteiger partial charge in [0.1, 0.15) is 11.5 Å². The van der Waals surface area contributed by atoms with E-state index in [1.165, 1.54) is 37.7 Å². The molecular weight excluding hydrogens is 340 g/mol. The number of benzene rings is 1. The topological polar surface area (TPSA) is 69.9 Å². The summed E-state index contributed by atoms with van der Waals surface area (Å²) in [5, 5.41) is 12.4. The Kier molecular flexibility index (Phi) is 5.80. The average molecular weight is 368 g/mol. The van der Waals surface area contributed by atoms with Crippen LogP contribution in [-0.4, -0.2) is 32.6 Å². The number of carbonyl (C=O) groups is 1. The summed E-state index contributed by atoms with van der Waals surface area (Å²) in [5.41, 5.74) is 2.42. The van der Waals surface area contributed by atoms with Crippen LogP contribution in [0.4, 0.5) is 0 Å². The molecule has 4 rings (SSSR count). The van der Waals surface area contributed by atoms with Crippen LogP contribution in [0.3, 0.4) is 0 Å². The highest BCUT2D eigenvalue weighted by Gasteiger charge is 2.19. The van der Waals surface area contributed by atoms with E-state index in [4.69, 9.17) is 4.74 Å². The van der Waals surface area contributed by atoms with Crippen molar-refractivity contribution in [3.05, 3.63) is 35.2 Å². The molecule has 2 aliphatic rings. The van der Waals surface area contributed by atoms with Crippen LogP contribution < -0.4 is 4.74 Å². The molecule has 1 fully saturated rings. The predicted molar refractivity (Wildman–Crippen MR) is 102 cm³/mol. The number of ether oxygens (including phenoxy) is 1. The monoisotopic (exact) mass is 368 g/mol. The number of tetrazole rings is 1. The summed E-state index contributed by atoms with van der Waals surface area (Å²) in [5.74, 6) is 2.27. The number of Topliss-reactive ketones (excluding diaryl/α,β-unsaturated/α-hetero) is 1. The molecule has 144 valence electrons. The lowest BCUT2D eigenvalue weighted by Gasteiger charge is -2.22. The number of carbonyl (C=O) groups excluding carboxylic acids is 1. The summed E-state index contributed by atoms with van der Waals surface area (Å²) < 4.78 is 7.98. The molecule has 1 heterocycles. The van der Waals surface area contributed by atoms with Gasteiger partial charge in [0.25, 0.3) is 0 Å². The summed E-state index contributed by atoms with van der Waals surface area (Å²) in [6, 6.07) is 6.62. The van der Waals surface area contributed by atoms with Gasteiger partial charge in [0.15, 0.2) is 5.82 Å². The van der Waals surface area contributed by atoms with Gasteiger partial charge in [0.2, 0.25) is 0 Å². The van der Waals surface area contributed by atoms with Crippen LogP contribution in [0.1, 0.15) is 74.4 Å². The Labute approximate surface area is 160 Å².